The van der Waals surface area contributed by atoms with E-state index in [1.807, 2.05) is 24.4 Å². The summed E-state index contributed by atoms with van der Waals surface area (Å²) in [6.07, 6.45) is 7.85. The number of fused-ring (bicyclic) bond motifs is 1. The first-order valence-electron chi connectivity index (χ1n) is 7.53. The minimum Gasteiger partial charge on any atom is -0.368 e. The van der Waals surface area contributed by atoms with Crippen molar-refractivity contribution in [3.8, 4) is 0 Å². The number of anilines is 2. The van der Waals surface area contributed by atoms with E-state index in [0.29, 0.717) is 5.95 Å². The van der Waals surface area contributed by atoms with Gasteiger partial charge in [-0.2, -0.15) is 4.98 Å². The number of pyridine rings is 1. The van der Waals surface area contributed by atoms with Crippen molar-refractivity contribution in [3.05, 3.63) is 42.4 Å². The van der Waals surface area contributed by atoms with Crippen LogP contribution in [0.1, 0.15) is 25.3 Å². The molecule has 0 unspecified atom stereocenters. The lowest BCUT2D eigenvalue weighted by Gasteiger charge is -2.11. The van der Waals surface area contributed by atoms with Gasteiger partial charge >= 0.3 is 0 Å². The molecule has 0 radical (unpaired) electrons. The highest BCUT2D eigenvalue weighted by Gasteiger charge is 2.11. The third kappa shape index (κ3) is 3.00. The number of unbranched alkanes of at least 4 members (excludes halogenated alkanes) is 1. The highest BCUT2D eigenvalue weighted by Crippen LogP contribution is 2.23. The lowest BCUT2D eigenvalue weighted by atomic mass is 10.2. The van der Waals surface area contributed by atoms with Crippen LogP contribution in [0, 0.1) is 0 Å². The molecule has 0 bridgehead atoms. The summed E-state index contributed by atoms with van der Waals surface area (Å²) >= 11 is 0. The number of nitrogens with one attached hydrogen (secondary N) is 1. The highest BCUT2D eigenvalue weighted by atomic mass is 15.1. The van der Waals surface area contributed by atoms with E-state index in [9.17, 15) is 0 Å². The number of hydrogen-bond donors (Lipinski definition) is 2. The summed E-state index contributed by atoms with van der Waals surface area (Å²) in [6.45, 7) is 3.79. The molecule has 3 heterocycles. The molecule has 0 aromatic carbocycles. The van der Waals surface area contributed by atoms with E-state index in [1.54, 1.807) is 12.4 Å². The van der Waals surface area contributed by atoms with Gasteiger partial charge in [0.25, 0.3) is 0 Å². The Morgan fingerprint density at radius 2 is 2.00 bits per heavy atom. The van der Waals surface area contributed by atoms with Crippen LogP contribution in [0.15, 0.2) is 36.8 Å². The first-order valence-corrected chi connectivity index (χ1v) is 7.53. The van der Waals surface area contributed by atoms with E-state index in [-0.39, 0.29) is 0 Å². The molecule has 6 heteroatoms. The van der Waals surface area contributed by atoms with Gasteiger partial charge in [0.1, 0.15) is 5.52 Å². The maximum Gasteiger partial charge on any atom is 0.222 e. The molecule has 0 aliphatic heterocycles. The molecule has 0 saturated carbocycles. The van der Waals surface area contributed by atoms with Gasteiger partial charge in [0.2, 0.25) is 5.95 Å². The third-order valence-electron chi connectivity index (χ3n) is 3.55. The summed E-state index contributed by atoms with van der Waals surface area (Å²) < 4.78 is 2.14. The average Bonchev–Trinajstić information content (AvgIpc) is 2.91. The topological polar surface area (TPSA) is 81.6 Å². The number of nitrogens with zero attached hydrogens (tertiary/aromatic N) is 4. The molecule has 3 aromatic heterocycles. The van der Waals surface area contributed by atoms with Crippen LogP contribution in [0.2, 0.25) is 0 Å². The zero-order chi connectivity index (χ0) is 15.4. The first kappa shape index (κ1) is 14.3. The smallest absolute Gasteiger partial charge is 0.222 e. The Hall–Kier alpha value is -2.63. The molecule has 0 fully saturated rings. The Kier molecular flexibility index (Phi) is 4.18. The first-order chi connectivity index (χ1) is 10.8. The van der Waals surface area contributed by atoms with Crippen molar-refractivity contribution in [2.24, 2.45) is 0 Å². The molecule has 3 N–H and O–H groups in total. The highest BCUT2D eigenvalue weighted by molar-refractivity contribution is 5.87. The molecule has 0 saturated heterocycles. The molecule has 114 valence electrons. The SMILES string of the molecule is CCCCNc1nc(N)nc2ccn(Cc3ccncc3)c12. The lowest BCUT2D eigenvalue weighted by molar-refractivity contribution is 0.819. The van der Waals surface area contributed by atoms with Gasteiger partial charge in [0.05, 0.1) is 5.52 Å². The number of hydrogen-bond acceptors (Lipinski definition) is 5. The van der Waals surface area contributed by atoms with Crippen molar-refractivity contribution in [1.29, 1.82) is 0 Å². The zero-order valence-electron chi connectivity index (χ0n) is 12.7. The fraction of sp³-hybridized carbons (Fsp3) is 0.312. The van der Waals surface area contributed by atoms with E-state index < -0.39 is 0 Å². The maximum absolute atomic E-state index is 5.81. The van der Waals surface area contributed by atoms with Crippen LogP contribution in [0.25, 0.3) is 11.0 Å². The van der Waals surface area contributed by atoms with Crippen molar-refractivity contribution in [2.45, 2.75) is 26.3 Å². The van der Waals surface area contributed by atoms with E-state index in [1.165, 1.54) is 5.56 Å². The molecule has 0 spiro atoms. The molecule has 22 heavy (non-hydrogen) atoms. The number of nitrogens with two attached hydrogens (primary N) is 1. The molecular weight excluding hydrogens is 276 g/mol. The van der Waals surface area contributed by atoms with E-state index in [0.717, 1.165) is 42.8 Å². The standard InChI is InChI=1S/C16H20N6/c1-2-3-7-19-15-14-13(20-16(17)21-15)6-10-22(14)11-12-4-8-18-9-5-12/h4-6,8-10H,2-3,7,11H2,1H3,(H3,17,19,20,21). The largest absolute Gasteiger partial charge is 0.368 e. The summed E-state index contributed by atoms with van der Waals surface area (Å²) in [5.41, 5.74) is 8.84. The van der Waals surface area contributed by atoms with Crippen molar-refractivity contribution in [2.75, 3.05) is 17.6 Å². The second kappa shape index (κ2) is 6.43. The summed E-state index contributed by atoms with van der Waals surface area (Å²) in [4.78, 5) is 12.7. The van der Waals surface area contributed by atoms with E-state index in [2.05, 4.69) is 31.8 Å². The summed E-state index contributed by atoms with van der Waals surface area (Å²) in [7, 11) is 0. The molecule has 0 aliphatic carbocycles. The van der Waals surface area contributed by atoms with Gasteiger partial charge in [0.15, 0.2) is 5.82 Å². The van der Waals surface area contributed by atoms with Gasteiger partial charge in [-0.1, -0.05) is 13.3 Å². The van der Waals surface area contributed by atoms with Crippen LogP contribution in [0.5, 0.6) is 0 Å². The summed E-state index contributed by atoms with van der Waals surface area (Å²) in [5, 5.41) is 3.38. The van der Waals surface area contributed by atoms with Crippen LogP contribution in [0.3, 0.4) is 0 Å². The number of aromatic nitrogens is 4. The number of nitrogen functional groups attached to an aromatic ring is 1. The van der Waals surface area contributed by atoms with Crippen molar-refractivity contribution in [1.82, 2.24) is 19.5 Å². The van der Waals surface area contributed by atoms with Gasteiger partial charge in [-0.15, -0.1) is 0 Å². The van der Waals surface area contributed by atoms with Crippen molar-refractivity contribution in [3.63, 3.8) is 0 Å². The molecule has 3 aromatic rings. The third-order valence-corrected chi connectivity index (χ3v) is 3.55. The zero-order valence-corrected chi connectivity index (χ0v) is 12.7. The molecular formula is C16H20N6. The molecule has 6 nitrogen and oxygen atoms in total. The summed E-state index contributed by atoms with van der Waals surface area (Å²) in [6, 6.07) is 5.99. The van der Waals surface area contributed by atoms with E-state index in [4.69, 9.17) is 5.73 Å². The Labute approximate surface area is 129 Å². The second-order valence-electron chi connectivity index (χ2n) is 5.24. The van der Waals surface area contributed by atoms with Gasteiger partial charge in [-0.05, 0) is 30.2 Å². The van der Waals surface area contributed by atoms with Crippen LogP contribution < -0.4 is 11.1 Å². The van der Waals surface area contributed by atoms with Crippen LogP contribution >= 0.6 is 0 Å². The fourth-order valence-corrected chi connectivity index (χ4v) is 2.45. The average molecular weight is 296 g/mol. The van der Waals surface area contributed by atoms with Crippen LogP contribution in [-0.4, -0.2) is 26.1 Å². The van der Waals surface area contributed by atoms with Crippen LogP contribution in [-0.2, 0) is 6.54 Å². The lowest BCUT2D eigenvalue weighted by Crippen LogP contribution is -2.09. The molecule has 3 rings (SSSR count). The molecule has 0 amide bonds. The Morgan fingerprint density at radius 3 is 2.77 bits per heavy atom. The molecule has 0 atom stereocenters. The van der Waals surface area contributed by atoms with Gasteiger partial charge in [0, 0.05) is 31.7 Å². The quantitative estimate of drug-likeness (QED) is 0.683. The van der Waals surface area contributed by atoms with Crippen LogP contribution in [0.4, 0.5) is 11.8 Å². The number of rotatable bonds is 6. The summed E-state index contributed by atoms with van der Waals surface area (Å²) in [5.74, 6) is 1.10. The van der Waals surface area contributed by atoms with E-state index >= 15 is 0 Å². The Morgan fingerprint density at radius 1 is 1.18 bits per heavy atom. The maximum atomic E-state index is 5.81. The minimum absolute atomic E-state index is 0.299. The van der Waals surface area contributed by atoms with Gasteiger partial charge < -0.3 is 15.6 Å². The van der Waals surface area contributed by atoms with Gasteiger partial charge in [-0.25, -0.2) is 4.98 Å². The molecule has 0 aliphatic rings. The Bertz CT molecular complexity index is 750. The second-order valence-corrected chi connectivity index (χ2v) is 5.24. The van der Waals surface area contributed by atoms with Crippen molar-refractivity contribution >= 4 is 22.8 Å². The predicted molar refractivity (Wildman–Crippen MR) is 88.7 cm³/mol. The Balaban J connectivity index is 1.96. The minimum atomic E-state index is 0.299. The van der Waals surface area contributed by atoms with Gasteiger partial charge in [-0.3, -0.25) is 4.98 Å². The monoisotopic (exact) mass is 296 g/mol. The normalized spacial score (nSPS) is 11.0. The van der Waals surface area contributed by atoms with Crippen molar-refractivity contribution < 1.29 is 0 Å². The fourth-order valence-electron chi connectivity index (χ4n) is 2.45. The predicted octanol–water partition coefficient (Wildman–Crippen LogP) is 2.67.